The highest BCUT2D eigenvalue weighted by molar-refractivity contribution is 5.92. The summed E-state index contributed by atoms with van der Waals surface area (Å²) < 4.78 is 12.4. The average Bonchev–Trinajstić information content (AvgIpc) is 3.42. The molecule has 134 valence electrons. The standard InChI is InChI=1S/C20H21N3O3/c1-25-15-8-14(9-16(10-15)26-2)22-19(24)11-23-12-21-18-5-3-4-17(20(18)23)13-6-7-13/h3-5,8-10,12-13H,6-7,11H2,1-2H3,(H,22,24). The van der Waals surface area contributed by atoms with E-state index in [1.54, 1.807) is 38.7 Å². The van der Waals surface area contributed by atoms with Gasteiger partial charge in [-0.15, -0.1) is 0 Å². The highest BCUT2D eigenvalue weighted by Gasteiger charge is 2.27. The van der Waals surface area contributed by atoms with E-state index in [9.17, 15) is 4.79 Å². The fraction of sp³-hybridized carbons (Fsp3) is 0.300. The number of amides is 1. The average molecular weight is 351 g/mol. The van der Waals surface area contributed by atoms with Crippen molar-refractivity contribution in [3.8, 4) is 11.5 Å². The molecular formula is C20H21N3O3. The van der Waals surface area contributed by atoms with Crippen LogP contribution < -0.4 is 14.8 Å². The number of carbonyl (C=O) groups is 1. The van der Waals surface area contributed by atoms with E-state index in [2.05, 4.69) is 16.4 Å². The summed E-state index contributed by atoms with van der Waals surface area (Å²) in [4.78, 5) is 17.0. The third kappa shape index (κ3) is 3.22. The monoisotopic (exact) mass is 351 g/mol. The van der Waals surface area contributed by atoms with E-state index in [0.29, 0.717) is 23.1 Å². The molecule has 1 amide bonds. The Bertz CT molecular complexity index is 938. The molecule has 0 bridgehead atoms. The molecule has 1 aliphatic rings. The third-order valence-electron chi connectivity index (χ3n) is 4.64. The SMILES string of the molecule is COc1cc(NC(=O)Cn2cnc3cccc(C4CC4)c32)cc(OC)c1. The van der Waals surface area contributed by atoms with Gasteiger partial charge in [-0.25, -0.2) is 4.98 Å². The molecule has 1 saturated carbocycles. The number of ether oxygens (including phenoxy) is 2. The van der Waals surface area contributed by atoms with E-state index < -0.39 is 0 Å². The van der Waals surface area contributed by atoms with Crippen LogP contribution in [0.25, 0.3) is 11.0 Å². The second-order valence-corrected chi connectivity index (χ2v) is 6.51. The Labute approximate surface area is 151 Å². The Kier molecular flexibility index (Phi) is 4.24. The molecule has 3 aromatic rings. The maximum absolute atomic E-state index is 12.6. The lowest BCUT2D eigenvalue weighted by atomic mass is 10.1. The molecule has 1 fully saturated rings. The second-order valence-electron chi connectivity index (χ2n) is 6.51. The zero-order chi connectivity index (χ0) is 18.1. The van der Waals surface area contributed by atoms with E-state index >= 15 is 0 Å². The fourth-order valence-corrected chi connectivity index (χ4v) is 3.23. The number of para-hydroxylation sites is 1. The summed E-state index contributed by atoms with van der Waals surface area (Å²) in [6.07, 6.45) is 4.16. The minimum absolute atomic E-state index is 0.120. The molecule has 0 aliphatic heterocycles. The van der Waals surface area contributed by atoms with E-state index in [1.165, 1.54) is 18.4 Å². The number of nitrogens with zero attached hydrogens (tertiary/aromatic N) is 2. The van der Waals surface area contributed by atoms with Crippen LogP contribution in [0.3, 0.4) is 0 Å². The Morgan fingerprint density at radius 3 is 2.58 bits per heavy atom. The number of anilines is 1. The van der Waals surface area contributed by atoms with Gasteiger partial charge >= 0.3 is 0 Å². The maximum atomic E-state index is 12.6. The molecule has 1 aromatic heterocycles. The number of aromatic nitrogens is 2. The van der Waals surface area contributed by atoms with Crippen molar-refractivity contribution >= 4 is 22.6 Å². The fourth-order valence-electron chi connectivity index (χ4n) is 3.23. The molecule has 1 heterocycles. The molecule has 2 aromatic carbocycles. The van der Waals surface area contributed by atoms with Crippen LogP contribution in [0.4, 0.5) is 5.69 Å². The van der Waals surface area contributed by atoms with Crippen LogP contribution >= 0.6 is 0 Å². The first-order valence-electron chi connectivity index (χ1n) is 8.64. The van der Waals surface area contributed by atoms with Gasteiger partial charge in [-0.3, -0.25) is 4.79 Å². The Hall–Kier alpha value is -3.02. The van der Waals surface area contributed by atoms with Crippen LogP contribution in [-0.2, 0) is 11.3 Å². The highest BCUT2D eigenvalue weighted by Crippen LogP contribution is 2.42. The number of benzene rings is 2. The maximum Gasteiger partial charge on any atom is 0.244 e. The first-order valence-corrected chi connectivity index (χ1v) is 8.64. The first-order chi connectivity index (χ1) is 12.7. The number of carbonyl (C=O) groups excluding carboxylic acids is 1. The van der Waals surface area contributed by atoms with Gasteiger partial charge in [0.15, 0.2) is 0 Å². The van der Waals surface area contributed by atoms with Gasteiger partial charge in [-0.1, -0.05) is 12.1 Å². The summed E-state index contributed by atoms with van der Waals surface area (Å²) in [6.45, 7) is 0.208. The summed E-state index contributed by atoms with van der Waals surface area (Å²) in [7, 11) is 3.16. The summed E-state index contributed by atoms with van der Waals surface area (Å²) >= 11 is 0. The summed E-state index contributed by atoms with van der Waals surface area (Å²) in [6, 6.07) is 11.5. The zero-order valence-corrected chi connectivity index (χ0v) is 14.9. The van der Waals surface area contributed by atoms with Gasteiger partial charge in [0, 0.05) is 23.9 Å². The largest absolute Gasteiger partial charge is 0.497 e. The van der Waals surface area contributed by atoms with Crippen LogP contribution in [0.1, 0.15) is 24.3 Å². The van der Waals surface area contributed by atoms with E-state index in [0.717, 1.165) is 11.0 Å². The lowest BCUT2D eigenvalue weighted by Crippen LogP contribution is -2.18. The number of hydrogen-bond donors (Lipinski definition) is 1. The first kappa shape index (κ1) is 16.4. The van der Waals surface area contributed by atoms with Crippen molar-refractivity contribution in [1.82, 2.24) is 9.55 Å². The molecule has 1 N–H and O–H groups in total. The lowest BCUT2D eigenvalue weighted by Gasteiger charge is -2.11. The molecule has 0 atom stereocenters. The Balaban J connectivity index is 1.57. The smallest absolute Gasteiger partial charge is 0.244 e. The van der Waals surface area contributed by atoms with Gasteiger partial charge in [0.25, 0.3) is 0 Å². The second kappa shape index (κ2) is 6.71. The number of nitrogens with one attached hydrogen (secondary N) is 1. The van der Waals surface area contributed by atoms with Crippen LogP contribution in [0.2, 0.25) is 0 Å². The van der Waals surface area contributed by atoms with Crippen LogP contribution in [0.5, 0.6) is 11.5 Å². The van der Waals surface area contributed by atoms with Gasteiger partial charge < -0.3 is 19.4 Å². The van der Waals surface area contributed by atoms with Crippen molar-refractivity contribution in [3.63, 3.8) is 0 Å². The number of imidazole rings is 1. The van der Waals surface area contributed by atoms with Crippen LogP contribution in [0, 0.1) is 0 Å². The Morgan fingerprint density at radius 1 is 1.19 bits per heavy atom. The van der Waals surface area contributed by atoms with Crippen molar-refractivity contribution in [2.75, 3.05) is 19.5 Å². The van der Waals surface area contributed by atoms with Crippen molar-refractivity contribution in [1.29, 1.82) is 0 Å². The molecule has 0 unspecified atom stereocenters. The molecule has 0 radical (unpaired) electrons. The molecule has 1 aliphatic carbocycles. The number of fused-ring (bicyclic) bond motifs is 1. The summed E-state index contributed by atoms with van der Waals surface area (Å²) in [5, 5.41) is 2.91. The normalized spacial score (nSPS) is 13.6. The third-order valence-corrected chi connectivity index (χ3v) is 4.64. The number of methoxy groups -OCH3 is 2. The van der Waals surface area contributed by atoms with Gasteiger partial charge in [0.05, 0.1) is 31.6 Å². The minimum Gasteiger partial charge on any atom is -0.497 e. The van der Waals surface area contributed by atoms with Gasteiger partial charge in [0.2, 0.25) is 5.91 Å². The molecule has 6 heteroatoms. The predicted octanol–water partition coefficient (Wildman–Crippen LogP) is 3.57. The van der Waals surface area contributed by atoms with E-state index in [1.807, 2.05) is 16.7 Å². The van der Waals surface area contributed by atoms with Gasteiger partial charge in [-0.05, 0) is 30.4 Å². The van der Waals surface area contributed by atoms with Crippen LogP contribution in [-0.4, -0.2) is 29.7 Å². The Morgan fingerprint density at radius 2 is 1.92 bits per heavy atom. The van der Waals surface area contributed by atoms with Crippen molar-refractivity contribution in [3.05, 3.63) is 48.3 Å². The topological polar surface area (TPSA) is 65.4 Å². The minimum atomic E-state index is -0.120. The van der Waals surface area contributed by atoms with Crippen LogP contribution in [0.15, 0.2) is 42.7 Å². The highest BCUT2D eigenvalue weighted by atomic mass is 16.5. The number of hydrogen-bond acceptors (Lipinski definition) is 4. The van der Waals surface area contributed by atoms with Gasteiger partial charge in [0.1, 0.15) is 18.0 Å². The molecule has 4 rings (SSSR count). The number of rotatable bonds is 6. The zero-order valence-electron chi connectivity index (χ0n) is 14.9. The molecule has 26 heavy (non-hydrogen) atoms. The van der Waals surface area contributed by atoms with E-state index in [-0.39, 0.29) is 12.5 Å². The molecule has 6 nitrogen and oxygen atoms in total. The molecule has 0 saturated heterocycles. The molecule has 0 spiro atoms. The molecular weight excluding hydrogens is 330 g/mol. The summed E-state index contributed by atoms with van der Waals surface area (Å²) in [5.74, 6) is 1.73. The van der Waals surface area contributed by atoms with Crippen molar-refractivity contribution in [2.24, 2.45) is 0 Å². The van der Waals surface area contributed by atoms with Crippen molar-refractivity contribution in [2.45, 2.75) is 25.3 Å². The summed E-state index contributed by atoms with van der Waals surface area (Å²) in [5.41, 5.74) is 3.92. The predicted molar refractivity (Wildman–Crippen MR) is 99.9 cm³/mol. The lowest BCUT2D eigenvalue weighted by molar-refractivity contribution is -0.116. The quantitative estimate of drug-likeness (QED) is 0.737. The van der Waals surface area contributed by atoms with E-state index in [4.69, 9.17) is 9.47 Å². The van der Waals surface area contributed by atoms with Gasteiger partial charge in [-0.2, -0.15) is 0 Å². The van der Waals surface area contributed by atoms with Crippen molar-refractivity contribution < 1.29 is 14.3 Å².